The highest BCUT2D eigenvalue weighted by Crippen LogP contribution is 2.24. The second-order valence-corrected chi connectivity index (χ2v) is 9.22. The molecule has 8 heteroatoms. The summed E-state index contributed by atoms with van der Waals surface area (Å²) in [6, 6.07) is 37.0. The molecule has 0 aliphatic rings. The molecule has 5 aromatic rings. The van der Waals surface area contributed by atoms with Gasteiger partial charge in [0.2, 0.25) is 5.11 Å². The number of hydrogen-bond donors (Lipinski definition) is 3. The van der Waals surface area contributed by atoms with Crippen LogP contribution < -0.4 is 16.1 Å². The second-order valence-electron chi connectivity index (χ2n) is 8.43. The van der Waals surface area contributed by atoms with E-state index in [-0.39, 0.29) is 16.8 Å². The quantitative estimate of drug-likeness (QED) is 0.165. The maximum Gasteiger partial charge on any atom is 0.435 e. The zero-order valence-corrected chi connectivity index (χ0v) is 21.9. The average molecular weight is 537 g/mol. The van der Waals surface area contributed by atoms with Crippen LogP contribution in [0.3, 0.4) is 0 Å². The monoisotopic (exact) mass is 536 g/mol. The Morgan fingerprint density at radius 2 is 1.18 bits per heavy atom. The number of benzene rings is 5. The Hall–Kier alpha value is -4.53. The molecular weight excluding hydrogens is 512 g/mol. The molecular formula is C30H24N4O2S2. The van der Waals surface area contributed by atoms with Crippen LogP contribution in [0, 0.1) is 0 Å². The summed E-state index contributed by atoms with van der Waals surface area (Å²) >= 11 is 11.2. The third-order valence-corrected chi connectivity index (χ3v) is 6.35. The summed E-state index contributed by atoms with van der Waals surface area (Å²) < 4.78 is 5.57. The van der Waals surface area contributed by atoms with Crippen molar-refractivity contribution in [3.63, 3.8) is 0 Å². The molecule has 0 radical (unpaired) electrons. The van der Waals surface area contributed by atoms with Crippen LogP contribution in [0.5, 0.6) is 0 Å². The summed E-state index contributed by atoms with van der Waals surface area (Å²) in [6.07, 6.45) is -0.700. The highest BCUT2D eigenvalue weighted by Gasteiger charge is 2.22. The number of carbonyl (C=O) groups is 1. The van der Waals surface area contributed by atoms with Gasteiger partial charge in [-0.05, 0) is 52.9 Å². The van der Waals surface area contributed by atoms with Gasteiger partial charge >= 0.3 is 6.09 Å². The van der Waals surface area contributed by atoms with Crippen molar-refractivity contribution in [2.45, 2.75) is 6.61 Å². The summed E-state index contributed by atoms with van der Waals surface area (Å²) in [5.74, 6) is 0. The summed E-state index contributed by atoms with van der Waals surface area (Å²) in [4.78, 5) is 13.2. The van der Waals surface area contributed by atoms with Crippen LogP contribution in [0.1, 0.15) is 5.56 Å². The van der Waals surface area contributed by atoms with Crippen molar-refractivity contribution in [3.8, 4) is 0 Å². The van der Waals surface area contributed by atoms with E-state index in [0.717, 1.165) is 43.5 Å². The van der Waals surface area contributed by atoms with E-state index in [1.807, 2.05) is 115 Å². The van der Waals surface area contributed by atoms with Crippen molar-refractivity contribution in [3.05, 3.63) is 121 Å². The predicted octanol–water partition coefficient (Wildman–Crippen LogP) is 7.23. The normalized spacial score (nSPS) is 10.5. The third-order valence-electron chi connectivity index (χ3n) is 5.87. The number of hydrazine groups is 1. The molecule has 0 aromatic heterocycles. The molecule has 188 valence electrons. The fourth-order valence-electron chi connectivity index (χ4n) is 4.05. The molecule has 5 aromatic carbocycles. The summed E-state index contributed by atoms with van der Waals surface area (Å²) in [5.41, 5.74) is 5.31. The topological polar surface area (TPSA) is 65.6 Å². The van der Waals surface area contributed by atoms with Gasteiger partial charge in [0.25, 0.3) is 0 Å². The van der Waals surface area contributed by atoms with Crippen LogP contribution >= 0.6 is 24.4 Å². The number of anilines is 2. The largest absolute Gasteiger partial charge is 0.443 e. The lowest BCUT2D eigenvalue weighted by molar-refractivity contribution is 0.111. The SMILES string of the molecule is O=C(OCc1ccccc1)N(NC(=S)Nc1cccc2ccccc12)C(=S)Nc1cccc2ccccc12. The summed E-state index contributed by atoms with van der Waals surface area (Å²) in [7, 11) is 0. The molecule has 38 heavy (non-hydrogen) atoms. The second kappa shape index (κ2) is 11.7. The standard InChI is InChI=1S/C30H24N4O2S2/c35-30(36-20-21-10-2-1-3-11-21)34(29(38)32-27-19-9-15-23-13-5-7-17-25(23)27)33-28(37)31-26-18-8-14-22-12-4-6-16-24(22)26/h1-19H,20H2,(H,32,38)(H2,31,33,37). The van der Waals surface area contributed by atoms with E-state index in [9.17, 15) is 4.79 Å². The van der Waals surface area contributed by atoms with Gasteiger partial charge in [0.15, 0.2) is 5.11 Å². The first-order valence-corrected chi connectivity index (χ1v) is 12.7. The Morgan fingerprint density at radius 1 is 0.658 bits per heavy atom. The number of rotatable bonds is 4. The van der Waals surface area contributed by atoms with Crippen molar-refractivity contribution in [2.75, 3.05) is 10.6 Å². The number of fused-ring (bicyclic) bond motifs is 2. The maximum atomic E-state index is 13.2. The van der Waals surface area contributed by atoms with Gasteiger partial charge < -0.3 is 15.4 Å². The molecule has 0 fully saturated rings. The van der Waals surface area contributed by atoms with E-state index < -0.39 is 6.09 Å². The zero-order valence-electron chi connectivity index (χ0n) is 20.3. The van der Waals surface area contributed by atoms with Gasteiger partial charge in [0.1, 0.15) is 6.61 Å². The summed E-state index contributed by atoms with van der Waals surface area (Å²) in [6.45, 7) is 0.0816. The minimum absolute atomic E-state index is 0.0816. The van der Waals surface area contributed by atoms with Crippen LogP contribution in [0.25, 0.3) is 21.5 Å². The lowest BCUT2D eigenvalue weighted by atomic mass is 10.1. The van der Waals surface area contributed by atoms with Crippen molar-refractivity contribution in [2.24, 2.45) is 0 Å². The zero-order chi connectivity index (χ0) is 26.3. The van der Waals surface area contributed by atoms with Crippen LogP contribution in [0.15, 0.2) is 115 Å². The van der Waals surface area contributed by atoms with E-state index in [0.29, 0.717) is 0 Å². The molecule has 3 N–H and O–H groups in total. The fourth-order valence-corrected chi connectivity index (χ4v) is 4.49. The van der Waals surface area contributed by atoms with E-state index in [2.05, 4.69) is 16.1 Å². The lowest BCUT2D eigenvalue weighted by Gasteiger charge is -2.25. The van der Waals surface area contributed by atoms with Crippen LogP contribution in [-0.2, 0) is 11.3 Å². The Balaban J connectivity index is 1.37. The fraction of sp³-hybridized carbons (Fsp3) is 0.0333. The van der Waals surface area contributed by atoms with E-state index >= 15 is 0 Å². The number of amides is 1. The molecule has 0 saturated carbocycles. The number of hydrogen-bond acceptors (Lipinski definition) is 4. The first-order valence-electron chi connectivity index (χ1n) is 11.9. The van der Waals surface area contributed by atoms with Crippen LogP contribution in [0.4, 0.5) is 16.2 Å². The lowest BCUT2D eigenvalue weighted by Crippen LogP contribution is -2.52. The predicted molar refractivity (Wildman–Crippen MR) is 162 cm³/mol. The van der Waals surface area contributed by atoms with Gasteiger partial charge in [0.05, 0.1) is 0 Å². The number of thiocarbonyl (C=S) groups is 2. The molecule has 0 spiro atoms. The average Bonchev–Trinajstić information content (AvgIpc) is 2.95. The van der Waals surface area contributed by atoms with Gasteiger partial charge in [-0.3, -0.25) is 5.43 Å². The van der Waals surface area contributed by atoms with Crippen molar-refractivity contribution >= 4 is 73.7 Å². The van der Waals surface area contributed by atoms with E-state index in [4.69, 9.17) is 29.2 Å². The molecule has 0 aliphatic heterocycles. The van der Waals surface area contributed by atoms with Crippen LogP contribution in [0.2, 0.25) is 0 Å². The van der Waals surface area contributed by atoms with Gasteiger partial charge in [-0.1, -0.05) is 103 Å². The molecule has 5 rings (SSSR count). The van der Waals surface area contributed by atoms with Crippen molar-refractivity contribution in [1.82, 2.24) is 10.4 Å². The molecule has 0 saturated heterocycles. The number of carbonyl (C=O) groups excluding carboxylic acids is 1. The van der Waals surface area contributed by atoms with Gasteiger partial charge in [-0.2, -0.15) is 5.01 Å². The van der Waals surface area contributed by atoms with Crippen molar-refractivity contribution < 1.29 is 9.53 Å². The van der Waals surface area contributed by atoms with E-state index in [1.165, 1.54) is 0 Å². The molecule has 1 amide bonds. The Kier molecular flexibility index (Phi) is 7.73. The van der Waals surface area contributed by atoms with Gasteiger partial charge in [0, 0.05) is 22.1 Å². The van der Waals surface area contributed by atoms with Crippen molar-refractivity contribution in [1.29, 1.82) is 0 Å². The highest BCUT2D eigenvalue weighted by molar-refractivity contribution is 7.81. The highest BCUT2D eigenvalue weighted by atomic mass is 32.1. The molecule has 0 bridgehead atoms. The molecule has 0 heterocycles. The Bertz CT molecular complexity index is 1610. The smallest absolute Gasteiger partial charge is 0.435 e. The third kappa shape index (κ3) is 5.88. The maximum absolute atomic E-state index is 13.2. The van der Waals surface area contributed by atoms with E-state index in [1.54, 1.807) is 0 Å². The Labute approximate surface area is 231 Å². The van der Waals surface area contributed by atoms with Gasteiger partial charge in [-0.15, -0.1) is 0 Å². The Morgan fingerprint density at radius 3 is 1.82 bits per heavy atom. The number of nitrogens with zero attached hydrogens (tertiary/aromatic N) is 1. The first kappa shape index (κ1) is 25.1. The minimum atomic E-state index is -0.700. The molecule has 0 unspecified atom stereocenters. The number of nitrogens with one attached hydrogen (secondary N) is 3. The molecule has 6 nitrogen and oxygen atoms in total. The summed E-state index contributed by atoms with van der Waals surface area (Å²) in [5, 5.41) is 11.8. The number of ether oxygens (including phenoxy) is 1. The first-order chi connectivity index (χ1) is 18.6. The minimum Gasteiger partial charge on any atom is -0.443 e. The molecule has 0 aliphatic carbocycles. The van der Waals surface area contributed by atoms with Crippen LogP contribution in [-0.4, -0.2) is 21.3 Å². The molecule has 0 atom stereocenters. The van der Waals surface area contributed by atoms with Gasteiger partial charge in [-0.25, -0.2) is 4.79 Å².